The van der Waals surface area contributed by atoms with Crippen molar-refractivity contribution < 1.29 is 9.53 Å². The Morgan fingerprint density at radius 2 is 2.07 bits per heavy atom. The van der Waals surface area contributed by atoms with E-state index >= 15 is 0 Å². The van der Waals surface area contributed by atoms with Crippen molar-refractivity contribution in [3.8, 4) is 17.1 Å². The van der Waals surface area contributed by atoms with Crippen molar-refractivity contribution in [2.24, 2.45) is 0 Å². The van der Waals surface area contributed by atoms with Gasteiger partial charge < -0.3 is 10.1 Å². The standard InChI is InChI=1S/C22H21N3O2S/c1-14-11-15(2)25-22(24-14)19-7-3-5-16-12-17(27-21(16)19)13-23-20(26)9-8-18-6-4-10-28-18/h3-11,17H,12-13H2,1-2H3,(H,23,26)/b9-8+/t17-/m1/s1. The molecule has 3 heterocycles. The van der Waals surface area contributed by atoms with Gasteiger partial charge in [0.05, 0.1) is 12.1 Å². The fourth-order valence-corrected chi connectivity index (χ4v) is 3.91. The highest BCUT2D eigenvalue weighted by molar-refractivity contribution is 7.10. The van der Waals surface area contributed by atoms with Gasteiger partial charge in [0.25, 0.3) is 0 Å². The van der Waals surface area contributed by atoms with E-state index in [1.54, 1.807) is 17.4 Å². The predicted octanol–water partition coefficient (Wildman–Crippen LogP) is 3.96. The number of aromatic nitrogens is 2. The third-order valence-corrected chi connectivity index (χ3v) is 5.34. The molecule has 6 heteroatoms. The number of carbonyl (C=O) groups excluding carboxylic acids is 1. The minimum Gasteiger partial charge on any atom is -0.487 e. The first-order valence-corrected chi connectivity index (χ1v) is 10.1. The summed E-state index contributed by atoms with van der Waals surface area (Å²) in [4.78, 5) is 22.2. The van der Waals surface area contributed by atoms with Gasteiger partial charge in [-0.3, -0.25) is 4.79 Å². The van der Waals surface area contributed by atoms with E-state index in [0.717, 1.165) is 39.6 Å². The number of nitrogens with one attached hydrogen (secondary N) is 1. The van der Waals surface area contributed by atoms with Crippen molar-refractivity contribution in [2.75, 3.05) is 6.54 Å². The number of amides is 1. The maximum atomic E-state index is 12.1. The second-order valence-corrected chi connectivity index (χ2v) is 7.79. The number of para-hydroxylation sites is 1. The van der Waals surface area contributed by atoms with Gasteiger partial charge in [0.1, 0.15) is 11.9 Å². The number of ether oxygens (including phenoxy) is 1. The van der Waals surface area contributed by atoms with Crippen LogP contribution in [0.25, 0.3) is 17.5 Å². The van der Waals surface area contributed by atoms with Gasteiger partial charge in [-0.1, -0.05) is 18.2 Å². The highest BCUT2D eigenvalue weighted by Gasteiger charge is 2.26. The Kier molecular flexibility index (Phi) is 5.21. The molecule has 5 nitrogen and oxygen atoms in total. The Bertz CT molecular complexity index is 1010. The van der Waals surface area contributed by atoms with Gasteiger partial charge in [-0.2, -0.15) is 0 Å². The van der Waals surface area contributed by atoms with E-state index < -0.39 is 0 Å². The molecule has 0 saturated carbocycles. The van der Waals surface area contributed by atoms with Crippen molar-refractivity contribution in [3.05, 3.63) is 69.7 Å². The number of rotatable bonds is 5. The van der Waals surface area contributed by atoms with Crippen LogP contribution < -0.4 is 10.1 Å². The Labute approximate surface area is 168 Å². The van der Waals surface area contributed by atoms with Crippen LogP contribution in [0.15, 0.2) is 47.9 Å². The Hall–Kier alpha value is -2.99. The lowest BCUT2D eigenvalue weighted by Gasteiger charge is -2.13. The van der Waals surface area contributed by atoms with E-state index in [1.165, 1.54) is 0 Å². The summed E-state index contributed by atoms with van der Waals surface area (Å²) in [6.07, 6.45) is 4.03. The van der Waals surface area contributed by atoms with Crippen LogP contribution in [-0.2, 0) is 11.2 Å². The molecule has 28 heavy (non-hydrogen) atoms. The lowest BCUT2D eigenvalue weighted by atomic mass is 10.1. The zero-order valence-corrected chi connectivity index (χ0v) is 16.6. The second-order valence-electron chi connectivity index (χ2n) is 6.81. The molecular weight excluding hydrogens is 370 g/mol. The number of benzene rings is 1. The fraction of sp³-hybridized carbons (Fsp3) is 0.227. The van der Waals surface area contributed by atoms with Gasteiger partial charge in [-0.05, 0) is 49.1 Å². The molecule has 0 bridgehead atoms. The molecule has 1 aromatic carbocycles. The minimum absolute atomic E-state index is 0.0962. The molecule has 4 rings (SSSR count). The average molecular weight is 391 g/mol. The van der Waals surface area contributed by atoms with E-state index in [9.17, 15) is 4.79 Å². The number of thiophene rings is 1. The monoisotopic (exact) mass is 391 g/mol. The molecule has 0 fully saturated rings. The highest BCUT2D eigenvalue weighted by Crippen LogP contribution is 2.37. The van der Waals surface area contributed by atoms with Crippen LogP contribution in [-0.4, -0.2) is 28.5 Å². The van der Waals surface area contributed by atoms with Crippen LogP contribution in [0.3, 0.4) is 0 Å². The van der Waals surface area contributed by atoms with Crippen LogP contribution in [0.4, 0.5) is 0 Å². The average Bonchev–Trinajstić information content (AvgIpc) is 3.32. The summed E-state index contributed by atoms with van der Waals surface area (Å²) in [5.74, 6) is 1.38. The molecule has 0 saturated heterocycles. The Morgan fingerprint density at radius 1 is 1.25 bits per heavy atom. The van der Waals surface area contributed by atoms with Crippen molar-refractivity contribution in [1.29, 1.82) is 0 Å². The molecule has 2 aromatic heterocycles. The first kappa shape index (κ1) is 18.4. The normalized spacial score (nSPS) is 15.4. The number of fused-ring (bicyclic) bond motifs is 1. The quantitative estimate of drug-likeness (QED) is 0.669. The minimum atomic E-state index is -0.120. The van der Waals surface area contributed by atoms with Crippen LogP contribution in [0.1, 0.15) is 21.8 Å². The van der Waals surface area contributed by atoms with E-state index in [-0.39, 0.29) is 12.0 Å². The number of hydrogen-bond donors (Lipinski definition) is 1. The lowest BCUT2D eigenvalue weighted by molar-refractivity contribution is -0.116. The molecule has 1 amide bonds. The lowest BCUT2D eigenvalue weighted by Crippen LogP contribution is -2.33. The zero-order chi connectivity index (χ0) is 19.5. The van der Waals surface area contributed by atoms with Crippen molar-refractivity contribution in [3.63, 3.8) is 0 Å². The highest BCUT2D eigenvalue weighted by atomic mass is 32.1. The van der Waals surface area contributed by atoms with E-state index in [4.69, 9.17) is 4.74 Å². The first-order valence-electron chi connectivity index (χ1n) is 9.19. The molecule has 0 radical (unpaired) electrons. The summed E-state index contributed by atoms with van der Waals surface area (Å²) in [5.41, 5.74) is 3.88. The van der Waals surface area contributed by atoms with Crippen molar-refractivity contribution in [2.45, 2.75) is 26.4 Å². The molecule has 3 aromatic rings. The first-order chi connectivity index (χ1) is 13.6. The molecular formula is C22H21N3O2S. The third kappa shape index (κ3) is 4.12. The number of carbonyl (C=O) groups is 1. The van der Waals surface area contributed by atoms with Gasteiger partial charge in [-0.15, -0.1) is 11.3 Å². The summed E-state index contributed by atoms with van der Waals surface area (Å²) in [5, 5.41) is 4.91. The number of hydrogen-bond acceptors (Lipinski definition) is 5. The molecule has 1 N–H and O–H groups in total. The summed E-state index contributed by atoms with van der Waals surface area (Å²) in [6, 6.07) is 11.9. The van der Waals surface area contributed by atoms with Gasteiger partial charge >= 0.3 is 0 Å². The Balaban J connectivity index is 1.43. The van der Waals surface area contributed by atoms with Crippen LogP contribution in [0, 0.1) is 13.8 Å². The third-order valence-electron chi connectivity index (χ3n) is 4.50. The van der Waals surface area contributed by atoms with Crippen LogP contribution >= 0.6 is 11.3 Å². The van der Waals surface area contributed by atoms with Crippen molar-refractivity contribution in [1.82, 2.24) is 15.3 Å². The molecule has 142 valence electrons. The molecule has 0 unspecified atom stereocenters. The molecule has 0 spiro atoms. The molecule has 1 aliphatic rings. The van der Waals surface area contributed by atoms with E-state index in [0.29, 0.717) is 12.4 Å². The predicted molar refractivity (Wildman–Crippen MR) is 111 cm³/mol. The summed E-state index contributed by atoms with van der Waals surface area (Å²) >= 11 is 1.60. The summed E-state index contributed by atoms with van der Waals surface area (Å²) < 4.78 is 6.16. The van der Waals surface area contributed by atoms with E-state index in [1.807, 2.05) is 55.6 Å². The Morgan fingerprint density at radius 3 is 2.82 bits per heavy atom. The number of aryl methyl sites for hydroxylation is 2. The van der Waals surface area contributed by atoms with Gasteiger partial charge in [0.15, 0.2) is 5.82 Å². The SMILES string of the molecule is Cc1cc(C)nc(-c2cccc3c2O[C@@H](CNC(=O)/C=C/c2cccs2)C3)n1. The maximum Gasteiger partial charge on any atom is 0.244 e. The smallest absolute Gasteiger partial charge is 0.244 e. The largest absolute Gasteiger partial charge is 0.487 e. The van der Waals surface area contributed by atoms with Gasteiger partial charge in [0, 0.05) is 28.8 Å². The van der Waals surface area contributed by atoms with Crippen molar-refractivity contribution >= 4 is 23.3 Å². The van der Waals surface area contributed by atoms with Gasteiger partial charge in [0.2, 0.25) is 5.91 Å². The van der Waals surface area contributed by atoms with Crippen LogP contribution in [0.2, 0.25) is 0 Å². The molecule has 1 aliphatic heterocycles. The summed E-state index contributed by atoms with van der Waals surface area (Å²) in [6.45, 7) is 4.38. The molecule has 1 atom stereocenters. The zero-order valence-electron chi connectivity index (χ0n) is 15.8. The molecule has 0 aliphatic carbocycles. The maximum absolute atomic E-state index is 12.1. The van der Waals surface area contributed by atoms with Crippen LogP contribution in [0.5, 0.6) is 5.75 Å². The number of nitrogens with zero attached hydrogens (tertiary/aromatic N) is 2. The second kappa shape index (κ2) is 7.94. The fourth-order valence-electron chi connectivity index (χ4n) is 3.29. The topological polar surface area (TPSA) is 64.1 Å². The van der Waals surface area contributed by atoms with Gasteiger partial charge in [-0.25, -0.2) is 9.97 Å². The van der Waals surface area contributed by atoms with E-state index in [2.05, 4.69) is 21.4 Å². The summed E-state index contributed by atoms with van der Waals surface area (Å²) in [7, 11) is 0.